The molecule has 3 aromatic rings. The maximum Gasteiger partial charge on any atom is 0.146 e. The molecule has 8 nitrogen and oxygen atoms in total. The van der Waals surface area contributed by atoms with Crippen molar-refractivity contribution in [1.82, 2.24) is 20.2 Å². The molecule has 0 aliphatic carbocycles. The number of hydrogen-bond donors (Lipinski definition) is 2. The van der Waals surface area contributed by atoms with Crippen molar-refractivity contribution in [1.29, 1.82) is 5.26 Å². The molecule has 0 radical (unpaired) electrons. The zero-order chi connectivity index (χ0) is 29.3. The van der Waals surface area contributed by atoms with E-state index in [1.165, 1.54) is 5.56 Å². The van der Waals surface area contributed by atoms with Crippen LogP contribution >= 0.6 is 11.6 Å². The van der Waals surface area contributed by atoms with Crippen LogP contribution in [0.3, 0.4) is 0 Å². The first-order chi connectivity index (χ1) is 20.4. The summed E-state index contributed by atoms with van der Waals surface area (Å²) in [6, 6.07) is 16.9. The van der Waals surface area contributed by atoms with Crippen LogP contribution in [0.2, 0.25) is 5.02 Å². The summed E-state index contributed by atoms with van der Waals surface area (Å²) in [6.45, 7) is 9.71. The largest absolute Gasteiger partial charge is 0.493 e. The van der Waals surface area contributed by atoms with Gasteiger partial charge in [0.25, 0.3) is 0 Å². The van der Waals surface area contributed by atoms with E-state index >= 15 is 0 Å². The molecule has 0 saturated carbocycles. The van der Waals surface area contributed by atoms with E-state index in [0.29, 0.717) is 35.5 Å². The zero-order valence-electron chi connectivity index (χ0n) is 24.4. The number of benzene rings is 1. The van der Waals surface area contributed by atoms with Crippen molar-refractivity contribution in [2.45, 2.75) is 57.2 Å². The maximum atomic E-state index is 10.2. The molecule has 2 unspecified atom stereocenters. The van der Waals surface area contributed by atoms with Crippen molar-refractivity contribution in [2.24, 2.45) is 5.92 Å². The predicted molar refractivity (Wildman–Crippen MR) is 165 cm³/mol. The highest BCUT2D eigenvalue weighted by Crippen LogP contribution is 2.47. The lowest BCUT2D eigenvalue weighted by Crippen LogP contribution is -2.58. The second-order valence-corrected chi connectivity index (χ2v) is 12.3. The number of fused-ring (bicyclic) bond motifs is 2. The Hall–Kier alpha value is -3.22. The monoisotopic (exact) mass is 586 g/mol. The van der Waals surface area contributed by atoms with Gasteiger partial charge in [-0.1, -0.05) is 43.1 Å². The molecule has 2 saturated heterocycles. The maximum absolute atomic E-state index is 10.2. The SMILES string of the molecule is CCOc1ccccc1-c1ccc2c(n1)CN(C[C@H]1C[C@H](O)CN1)CC21CCN(c2ncc(Cl)cc2C#N)CC1CC. The molecule has 4 atom stereocenters. The van der Waals surface area contributed by atoms with Crippen molar-refractivity contribution < 1.29 is 9.84 Å². The van der Waals surface area contributed by atoms with E-state index < -0.39 is 0 Å². The van der Waals surface area contributed by atoms with Crippen LogP contribution < -0.4 is 15.0 Å². The predicted octanol–water partition coefficient (Wildman–Crippen LogP) is 4.78. The molecule has 2 fully saturated rings. The number of pyridine rings is 2. The van der Waals surface area contributed by atoms with Gasteiger partial charge < -0.3 is 20.1 Å². The summed E-state index contributed by atoms with van der Waals surface area (Å²) < 4.78 is 5.95. The van der Waals surface area contributed by atoms with Crippen molar-refractivity contribution >= 4 is 17.4 Å². The summed E-state index contributed by atoms with van der Waals surface area (Å²) >= 11 is 6.17. The first-order valence-electron chi connectivity index (χ1n) is 15.1. The lowest BCUT2D eigenvalue weighted by molar-refractivity contribution is 0.0950. The standard InChI is InChI=1S/C33H39ClN6O2/c1-3-23-18-40(32-22(15-35)13-24(34)16-37-32)12-11-33(23)21-39(19-25-14-26(41)17-36-25)20-30-28(33)9-10-29(38-30)27-7-5-6-8-31(27)42-4-2/h5-10,13,16,23,25-26,36,41H,3-4,11-12,14,17-21H2,1-2H3/t23?,25-,26+,33?/m1/s1. The minimum atomic E-state index is -0.284. The second kappa shape index (κ2) is 12.2. The average molecular weight is 587 g/mol. The Labute approximate surface area is 253 Å². The summed E-state index contributed by atoms with van der Waals surface area (Å²) in [5, 5.41) is 24.0. The van der Waals surface area contributed by atoms with Crippen LogP contribution in [-0.2, 0) is 12.0 Å². The third-order valence-corrected chi connectivity index (χ3v) is 9.53. The van der Waals surface area contributed by atoms with E-state index in [-0.39, 0.29) is 17.6 Å². The number of aliphatic hydroxyl groups excluding tert-OH is 1. The third kappa shape index (κ3) is 5.47. The van der Waals surface area contributed by atoms with Crippen LogP contribution in [0.4, 0.5) is 5.82 Å². The number of para-hydroxylation sites is 1. The highest BCUT2D eigenvalue weighted by Gasteiger charge is 2.49. The van der Waals surface area contributed by atoms with Gasteiger partial charge in [-0.25, -0.2) is 4.98 Å². The average Bonchev–Trinajstić information content (AvgIpc) is 3.41. The molecular formula is C33H39ClN6O2. The third-order valence-electron chi connectivity index (χ3n) is 9.33. The number of piperidine rings is 1. The van der Waals surface area contributed by atoms with E-state index in [2.05, 4.69) is 51.3 Å². The van der Waals surface area contributed by atoms with E-state index in [1.807, 2.05) is 25.1 Å². The number of hydrogen-bond acceptors (Lipinski definition) is 8. The fourth-order valence-corrected chi connectivity index (χ4v) is 7.58. The number of rotatable bonds is 7. The highest BCUT2D eigenvalue weighted by molar-refractivity contribution is 6.30. The molecule has 3 aliphatic heterocycles. The number of nitriles is 1. The summed E-state index contributed by atoms with van der Waals surface area (Å²) in [5.74, 6) is 1.90. The van der Waals surface area contributed by atoms with E-state index in [4.69, 9.17) is 21.3 Å². The lowest BCUT2D eigenvalue weighted by atomic mass is 9.62. The van der Waals surface area contributed by atoms with Crippen LogP contribution in [0.15, 0.2) is 48.7 Å². The normalized spacial score (nSPS) is 25.8. The molecule has 3 aliphatic rings. The number of ether oxygens (including phenoxy) is 1. The molecule has 42 heavy (non-hydrogen) atoms. The smallest absolute Gasteiger partial charge is 0.146 e. The minimum absolute atomic E-state index is 0.0831. The Morgan fingerprint density at radius 2 is 2.10 bits per heavy atom. The van der Waals surface area contributed by atoms with Crippen LogP contribution in [0.25, 0.3) is 11.3 Å². The van der Waals surface area contributed by atoms with Gasteiger partial charge in [-0.3, -0.25) is 9.88 Å². The number of aromatic nitrogens is 2. The molecule has 9 heteroatoms. The van der Waals surface area contributed by atoms with Gasteiger partial charge in [-0.2, -0.15) is 5.26 Å². The number of nitrogens with zero attached hydrogens (tertiary/aromatic N) is 5. The van der Waals surface area contributed by atoms with Crippen LogP contribution in [0.1, 0.15) is 49.9 Å². The Bertz CT molecular complexity index is 1480. The molecule has 0 amide bonds. The van der Waals surface area contributed by atoms with Gasteiger partial charge in [0.2, 0.25) is 0 Å². The number of nitrogens with one attached hydrogen (secondary N) is 1. The number of halogens is 1. The van der Waals surface area contributed by atoms with Gasteiger partial charge in [0, 0.05) is 62.5 Å². The molecular weight excluding hydrogens is 548 g/mol. The summed E-state index contributed by atoms with van der Waals surface area (Å²) in [4.78, 5) is 14.7. The second-order valence-electron chi connectivity index (χ2n) is 11.9. The lowest BCUT2D eigenvalue weighted by Gasteiger charge is -2.53. The number of β-amino-alcohol motifs (C(OH)–C–C–N with tert-alkyl or cyclic N) is 1. The molecule has 2 aromatic heterocycles. The molecule has 6 rings (SSSR count). The van der Waals surface area contributed by atoms with Crippen LogP contribution in [0.5, 0.6) is 5.75 Å². The van der Waals surface area contributed by atoms with Gasteiger partial charge in [-0.15, -0.1) is 0 Å². The van der Waals surface area contributed by atoms with E-state index in [9.17, 15) is 10.4 Å². The molecule has 5 heterocycles. The van der Waals surface area contributed by atoms with Crippen LogP contribution in [-0.4, -0.2) is 71.5 Å². The van der Waals surface area contributed by atoms with Gasteiger partial charge in [-0.05, 0) is 55.5 Å². The fourth-order valence-electron chi connectivity index (χ4n) is 7.43. The van der Waals surface area contributed by atoms with Crippen molar-refractivity contribution in [2.75, 3.05) is 44.2 Å². The van der Waals surface area contributed by atoms with E-state index in [0.717, 1.165) is 74.7 Å². The Kier molecular flexibility index (Phi) is 8.37. The molecule has 1 aromatic carbocycles. The zero-order valence-corrected chi connectivity index (χ0v) is 25.1. The Morgan fingerprint density at radius 1 is 1.24 bits per heavy atom. The summed E-state index contributed by atoms with van der Waals surface area (Å²) in [7, 11) is 0. The van der Waals surface area contributed by atoms with Gasteiger partial charge in [0.15, 0.2) is 0 Å². The van der Waals surface area contributed by atoms with Gasteiger partial charge in [0.1, 0.15) is 17.6 Å². The van der Waals surface area contributed by atoms with Crippen LogP contribution in [0, 0.1) is 17.2 Å². The Morgan fingerprint density at radius 3 is 2.86 bits per heavy atom. The number of anilines is 1. The summed E-state index contributed by atoms with van der Waals surface area (Å²) in [6.07, 6.45) is 4.05. The highest BCUT2D eigenvalue weighted by atomic mass is 35.5. The van der Waals surface area contributed by atoms with Gasteiger partial charge >= 0.3 is 0 Å². The number of aliphatic hydroxyl groups is 1. The molecule has 2 N–H and O–H groups in total. The molecule has 220 valence electrons. The molecule has 0 bridgehead atoms. The molecule has 1 spiro atoms. The topological polar surface area (TPSA) is 97.5 Å². The summed E-state index contributed by atoms with van der Waals surface area (Å²) in [5.41, 5.74) is 4.83. The van der Waals surface area contributed by atoms with Crippen molar-refractivity contribution in [3.05, 3.63) is 70.5 Å². The van der Waals surface area contributed by atoms with Gasteiger partial charge in [0.05, 0.1) is 34.7 Å². The first kappa shape index (κ1) is 28.9. The fraction of sp³-hybridized carbons (Fsp3) is 0.485. The Balaban J connectivity index is 1.38. The quantitative estimate of drug-likeness (QED) is 0.408. The minimum Gasteiger partial charge on any atom is -0.493 e. The van der Waals surface area contributed by atoms with E-state index in [1.54, 1.807) is 12.3 Å². The first-order valence-corrected chi connectivity index (χ1v) is 15.5. The van der Waals surface area contributed by atoms with Crippen molar-refractivity contribution in [3.8, 4) is 23.1 Å². The van der Waals surface area contributed by atoms with Crippen molar-refractivity contribution in [3.63, 3.8) is 0 Å².